The van der Waals surface area contributed by atoms with E-state index in [0.29, 0.717) is 11.5 Å². The van der Waals surface area contributed by atoms with Gasteiger partial charge in [0.15, 0.2) is 0 Å². The first-order valence-electron chi connectivity index (χ1n) is 7.86. The van der Waals surface area contributed by atoms with Gasteiger partial charge in [0, 0.05) is 39.2 Å². The number of nitrogens with one attached hydrogen (secondary N) is 2. The van der Waals surface area contributed by atoms with Crippen LogP contribution < -0.4 is 10.6 Å². The summed E-state index contributed by atoms with van der Waals surface area (Å²) in [6.07, 6.45) is 2.34. The predicted octanol–water partition coefficient (Wildman–Crippen LogP) is 1.39. The van der Waals surface area contributed by atoms with Crippen molar-refractivity contribution in [3.8, 4) is 0 Å². The normalized spacial score (nSPS) is 18.7. The Kier molecular flexibility index (Phi) is 5.95. The van der Waals surface area contributed by atoms with Crippen LogP contribution in [-0.2, 0) is 11.3 Å². The zero-order chi connectivity index (χ0) is 15.9. The highest BCUT2D eigenvalue weighted by molar-refractivity contribution is 5.93. The molecular weight excluding hydrogens is 278 g/mol. The molecule has 1 aliphatic heterocycles. The van der Waals surface area contributed by atoms with Gasteiger partial charge in [-0.1, -0.05) is 12.1 Å². The Morgan fingerprint density at radius 2 is 2.00 bits per heavy atom. The molecule has 1 aromatic carbocycles. The second-order valence-electron chi connectivity index (χ2n) is 5.96. The number of hydrogen-bond donors (Lipinski definition) is 2. The Morgan fingerprint density at radius 3 is 2.64 bits per heavy atom. The third-order valence-corrected chi connectivity index (χ3v) is 4.09. The third kappa shape index (κ3) is 4.84. The van der Waals surface area contributed by atoms with Crippen molar-refractivity contribution in [2.45, 2.75) is 26.3 Å². The van der Waals surface area contributed by atoms with Crippen molar-refractivity contribution in [2.24, 2.45) is 5.92 Å². The van der Waals surface area contributed by atoms with Crippen molar-refractivity contribution in [3.63, 3.8) is 0 Å². The average Bonchev–Trinajstić information content (AvgIpc) is 2.53. The molecule has 1 unspecified atom stereocenters. The number of nitrogens with zero attached hydrogens (tertiary/aromatic N) is 1. The summed E-state index contributed by atoms with van der Waals surface area (Å²) < 4.78 is 0. The fourth-order valence-electron chi connectivity index (χ4n) is 2.91. The van der Waals surface area contributed by atoms with E-state index in [0.717, 1.165) is 26.2 Å². The molecule has 0 bridgehead atoms. The SMILES string of the molecule is CNC(=O)c1ccc(CN2CCCC(CNC(C)=O)C2)cc1. The Labute approximate surface area is 132 Å². The maximum Gasteiger partial charge on any atom is 0.251 e. The van der Waals surface area contributed by atoms with Gasteiger partial charge in [-0.25, -0.2) is 0 Å². The molecule has 22 heavy (non-hydrogen) atoms. The minimum atomic E-state index is -0.0557. The molecule has 0 aromatic heterocycles. The highest BCUT2D eigenvalue weighted by atomic mass is 16.2. The van der Waals surface area contributed by atoms with Gasteiger partial charge >= 0.3 is 0 Å². The first kappa shape index (κ1) is 16.5. The van der Waals surface area contributed by atoms with Crippen LogP contribution in [0.15, 0.2) is 24.3 Å². The van der Waals surface area contributed by atoms with E-state index in [1.165, 1.54) is 18.4 Å². The van der Waals surface area contributed by atoms with E-state index in [9.17, 15) is 9.59 Å². The molecule has 5 heteroatoms. The zero-order valence-electron chi connectivity index (χ0n) is 13.4. The molecule has 1 heterocycles. The number of hydrogen-bond acceptors (Lipinski definition) is 3. The predicted molar refractivity (Wildman–Crippen MR) is 86.5 cm³/mol. The van der Waals surface area contributed by atoms with Crippen molar-refractivity contribution in [1.29, 1.82) is 0 Å². The molecule has 0 radical (unpaired) electrons. The topological polar surface area (TPSA) is 61.4 Å². The summed E-state index contributed by atoms with van der Waals surface area (Å²) in [7, 11) is 1.64. The minimum absolute atomic E-state index is 0.0434. The Balaban J connectivity index is 1.87. The van der Waals surface area contributed by atoms with Crippen LogP contribution in [0.25, 0.3) is 0 Å². The second-order valence-corrected chi connectivity index (χ2v) is 5.96. The van der Waals surface area contributed by atoms with E-state index in [1.54, 1.807) is 14.0 Å². The summed E-state index contributed by atoms with van der Waals surface area (Å²) in [5.41, 5.74) is 1.90. The zero-order valence-corrected chi connectivity index (χ0v) is 13.4. The first-order valence-corrected chi connectivity index (χ1v) is 7.86. The lowest BCUT2D eigenvalue weighted by Gasteiger charge is -2.32. The smallest absolute Gasteiger partial charge is 0.251 e. The maximum atomic E-state index is 11.5. The third-order valence-electron chi connectivity index (χ3n) is 4.09. The summed E-state index contributed by atoms with van der Waals surface area (Å²) in [4.78, 5) is 25.0. The number of carbonyl (C=O) groups is 2. The molecule has 5 nitrogen and oxygen atoms in total. The molecule has 2 rings (SSSR count). The molecule has 0 saturated carbocycles. The van der Waals surface area contributed by atoms with E-state index in [1.807, 2.05) is 24.3 Å². The number of amides is 2. The Bertz CT molecular complexity index is 513. The monoisotopic (exact) mass is 303 g/mol. The lowest BCUT2D eigenvalue weighted by atomic mass is 9.97. The van der Waals surface area contributed by atoms with E-state index in [2.05, 4.69) is 15.5 Å². The molecular formula is C17H25N3O2. The van der Waals surface area contributed by atoms with E-state index >= 15 is 0 Å². The molecule has 120 valence electrons. The van der Waals surface area contributed by atoms with Gasteiger partial charge in [-0.2, -0.15) is 0 Å². The van der Waals surface area contributed by atoms with Crippen LogP contribution >= 0.6 is 0 Å². The molecule has 1 atom stereocenters. The average molecular weight is 303 g/mol. The van der Waals surface area contributed by atoms with Gasteiger partial charge in [0.1, 0.15) is 0 Å². The molecule has 1 fully saturated rings. The first-order chi connectivity index (χ1) is 10.6. The van der Waals surface area contributed by atoms with Crippen LogP contribution in [0.4, 0.5) is 0 Å². The van der Waals surface area contributed by atoms with E-state index in [4.69, 9.17) is 0 Å². The number of rotatable bonds is 5. The highest BCUT2D eigenvalue weighted by Gasteiger charge is 2.20. The van der Waals surface area contributed by atoms with Crippen LogP contribution in [0.2, 0.25) is 0 Å². The van der Waals surface area contributed by atoms with E-state index in [-0.39, 0.29) is 11.8 Å². The standard InChI is InChI=1S/C17H25N3O2/c1-13(21)19-10-15-4-3-9-20(12-15)11-14-5-7-16(8-6-14)17(22)18-2/h5-8,15H,3-4,9-12H2,1-2H3,(H,18,22)(H,19,21). The molecule has 1 aromatic rings. The molecule has 1 aliphatic rings. The van der Waals surface area contributed by atoms with Gasteiger partial charge < -0.3 is 10.6 Å². The molecule has 0 spiro atoms. The largest absolute Gasteiger partial charge is 0.356 e. The van der Waals surface area contributed by atoms with Gasteiger partial charge in [-0.15, -0.1) is 0 Å². The molecule has 1 saturated heterocycles. The number of likely N-dealkylation sites (tertiary alicyclic amines) is 1. The van der Waals surface area contributed by atoms with Crippen LogP contribution in [0, 0.1) is 5.92 Å². The van der Waals surface area contributed by atoms with Crippen molar-refractivity contribution in [3.05, 3.63) is 35.4 Å². The quantitative estimate of drug-likeness (QED) is 0.864. The van der Waals surface area contributed by atoms with Crippen molar-refractivity contribution < 1.29 is 9.59 Å². The number of piperidine rings is 1. The molecule has 0 aliphatic carbocycles. The number of benzene rings is 1. The molecule has 2 amide bonds. The van der Waals surface area contributed by atoms with Gasteiger partial charge in [0.05, 0.1) is 0 Å². The van der Waals surface area contributed by atoms with Gasteiger partial charge in [-0.05, 0) is 43.0 Å². The molecule has 2 N–H and O–H groups in total. The summed E-state index contributed by atoms with van der Waals surface area (Å²) in [5.74, 6) is 0.518. The lowest BCUT2D eigenvalue weighted by molar-refractivity contribution is -0.119. The van der Waals surface area contributed by atoms with Crippen LogP contribution in [0.3, 0.4) is 0 Å². The fraction of sp³-hybridized carbons (Fsp3) is 0.529. The van der Waals surface area contributed by atoms with Crippen LogP contribution in [0.5, 0.6) is 0 Å². The Hall–Kier alpha value is -1.88. The van der Waals surface area contributed by atoms with E-state index < -0.39 is 0 Å². The summed E-state index contributed by atoms with van der Waals surface area (Å²) >= 11 is 0. The summed E-state index contributed by atoms with van der Waals surface area (Å²) in [5, 5.41) is 5.54. The van der Waals surface area contributed by atoms with Crippen molar-refractivity contribution in [1.82, 2.24) is 15.5 Å². The second kappa shape index (κ2) is 7.94. The summed E-state index contributed by atoms with van der Waals surface area (Å²) in [6, 6.07) is 7.77. The maximum absolute atomic E-state index is 11.5. The minimum Gasteiger partial charge on any atom is -0.356 e. The lowest BCUT2D eigenvalue weighted by Crippen LogP contribution is -2.40. The number of carbonyl (C=O) groups excluding carboxylic acids is 2. The Morgan fingerprint density at radius 1 is 1.27 bits per heavy atom. The summed E-state index contributed by atoms with van der Waals surface area (Å²) in [6.45, 7) is 5.33. The van der Waals surface area contributed by atoms with Gasteiger partial charge in [-0.3, -0.25) is 14.5 Å². The highest BCUT2D eigenvalue weighted by Crippen LogP contribution is 2.18. The fourth-order valence-corrected chi connectivity index (χ4v) is 2.91. The van der Waals surface area contributed by atoms with Crippen LogP contribution in [0.1, 0.15) is 35.7 Å². The van der Waals surface area contributed by atoms with Crippen LogP contribution in [-0.4, -0.2) is 43.4 Å². The van der Waals surface area contributed by atoms with Gasteiger partial charge in [0.25, 0.3) is 5.91 Å². The van der Waals surface area contributed by atoms with Crippen molar-refractivity contribution >= 4 is 11.8 Å². The van der Waals surface area contributed by atoms with Crippen molar-refractivity contribution in [2.75, 3.05) is 26.7 Å². The van der Waals surface area contributed by atoms with Gasteiger partial charge in [0.2, 0.25) is 5.91 Å².